The minimum absolute atomic E-state index is 0.314. The molecule has 3 rings (SSSR count). The zero-order valence-corrected chi connectivity index (χ0v) is 17.5. The summed E-state index contributed by atoms with van der Waals surface area (Å²) in [6, 6.07) is 26.8. The van der Waals surface area contributed by atoms with E-state index in [0.717, 1.165) is 18.7 Å². The van der Waals surface area contributed by atoms with Gasteiger partial charge in [0.25, 0.3) is 0 Å². The maximum Gasteiger partial charge on any atom is 0.170 e. The number of hydrogen-bond acceptors (Lipinski definition) is 3. The lowest BCUT2D eigenvalue weighted by Crippen LogP contribution is -2.30. The van der Waals surface area contributed by atoms with Gasteiger partial charge in [0.15, 0.2) is 16.6 Å². The molecule has 0 aliphatic heterocycles. The predicted octanol–water partition coefficient (Wildman–Crippen LogP) is 5.21. The molecule has 3 aromatic carbocycles. The maximum atomic E-state index is 5.47. The summed E-state index contributed by atoms with van der Waals surface area (Å²) in [5, 5.41) is 7.10. The number of methoxy groups -OCH3 is 2. The Morgan fingerprint density at radius 1 is 0.828 bits per heavy atom. The molecule has 0 aromatic heterocycles. The smallest absolute Gasteiger partial charge is 0.170 e. The van der Waals surface area contributed by atoms with Gasteiger partial charge in [-0.3, -0.25) is 0 Å². The Morgan fingerprint density at radius 3 is 1.97 bits per heavy atom. The molecular formula is C24H26N2O2S. The molecule has 0 aliphatic rings. The highest BCUT2D eigenvalue weighted by Crippen LogP contribution is 2.30. The molecule has 0 saturated carbocycles. The molecule has 2 N–H and O–H groups in total. The lowest BCUT2D eigenvalue weighted by molar-refractivity contribution is 0.355. The highest BCUT2D eigenvalue weighted by atomic mass is 32.1. The van der Waals surface area contributed by atoms with Crippen molar-refractivity contribution in [1.29, 1.82) is 0 Å². The van der Waals surface area contributed by atoms with Gasteiger partial charge in [-0.25, -0.2) is 0 Å². The van der Waals surface area contributed by atoms with Gasteiger partial charge in [0.2, 0.25) is 0 Å². The molecule has 0 bridgehead atoms. The molecule has 0 spiro atoms. The summed E-state index contributed by atoms with van der Waals surface area (Å²) in [7, 11) is 3.23. The molecule has 0 radical (unpaired) electrons. The van der Waals surface area contributed by atoms with Crippen molar-refractivity contribution in [3.8, 4) is 11.5 Å². The van der Waals surface area contributed by atoms with Gasteiger partial charge < -0.3 is 20.1 Å². The highest BCUT2D eigenvalue weighted by molar-refractivity contribution is 7.80. The Balaban J connectivity index is 1.60. The molecular weight excluding hydrogens is 380 g/mol. The normalized spacial score (nSPS) is 10.4. The lowest BCUT2D eigenvalue weighted by atomic mass is 9.88. The molecule has 0 atom stereocenters. The van der Waals surface area contributed by atoms with E-state index >= 15 is 0 Å². The van der Waals surface area contributed by atoms with Crippen LogP contribution in [0, 0.1) is 0 Å². The molecule has 150 valence electrons. The van der Waals surface area contributed by atoms with Crippen LogP contribution in [0.4, 0.5) is 5.69 Å². The Labute approximate surface area is 177 Å². The van der Waals surface area contributed by atoms with Crippen LogP contribution in [-0.4, -0.2) is 25.9 Å². The third-order valence-corrected chi connectivity index (χ3v) is 5.01. The molecule has 0 amide bonds. The summed E-state index contributed by atoms with van der Waals surface area (Å²) in [5.41, 5.74) is 3.46. The first-order valence-electron chi connectivity index (χ1n) is 9.58. The first-order chi connectivity index (χ1) is 14.2. The fourth-order valence-electron chi connectivity index (χ4n) is 3.32. The largest absolute Gasteiger partial charge is 0.493 e. The van der Waals surface area contributed by atoms with E-state index < -0.39 is 0 Å². The second-order valence-electron chi connectivity index (χ2n) is 6.61. The van der Waals surface area contributed by atoms with Crippen molar-refractivity contribution in [3.63, 3.8) is 0 Å². The third-order valence-electron chi connectivity index (χ3n) is 4.76. The molecule has 0 heterocycles. The number of hydrogen-bond donors (Lipinski definition) is 2. The van der Waals surface area contributed by atoms with Crippen LogP contribution < -0.4 is 20.1 Å². The number of thiocarbonyl (C=S) groups is 1. The third kappa shape index (κ3) is 5.72. The summed E-state index contributed by atoms with van der Waals surface area (Å²) in [5.74, 6) is 1.66. The maximum absolute atomic E-state index is 5.47. The number of ether oxygens (including phenoxy) is 2. The van der Waals surface area contributed by atoms with Gasteiger partial charge in [0.05, 0.1) is 14.2 Å². The van der Waals surface area contributed by atoms with Crippen LogP contribution in [0.1, 0.15) is 23.5 Å². The van der Waals surface area contributed by atoms with E-state index in [1.165, 1.54) is 11.1 Å². The second-order valence-corrected chi connectivity index (χ2v) is 7.02. The number of anilines is 1. The van der Waals surface area contributed by atoms with Crippen LogP contribution in [0.3, 0.4) is 0 Å². The summed E-state index contributed by atoms with van der Waals surface area (Å²) in [6.45, 7) is 0.758. The molecule has 3 aromatic rings. The SMILES string of the molecule is COc1ccc(NC(=S)NCCC(c2ccccc2)c2ccccc2)cc1OC. The van der Waals surface area contributed by atoms with Crippen molar-refractivity contribution in [1.82, 2.24) is 5.32 Å². The Kier molecular flexibility index (Phi) is 7.47. The topological polar surface area (TPSA) is 42.5 Å². The van der Waals surface area contributed by atoms with Crippen molar-refractivity contribution in [3.05, 3.63) is 90.0 Å². The average molecular weight is 407 g/mol. The number of nitrogens with one attached hydrogen (secondary N) is 2. The number of benzene rings is 3. The average Bonchev–Trinajstić information content (AvgIpc) is 2.77. The lowest BCUT2D eigenvalue weighted by Gasteiger charge is -2.19. The van der Waals surface area contributed by atoms with E-state index in [1.807, 2.05) is 30.3 Å². The summed E-state index contributed by atoms with van der Waals surface area (Å²) in [6.07, 6.45) is 0.932. The van der Waals surface area contributed by atoms with Gasteiger partial charge in [0, 0.05) is 24.2 Å². The fraction of sp³-hybridized carbons (Fsp3) is 0.208. The highest BCUT2D eigenvalue weighted by Gasteiger charge is 2.14. The van der Waals surface area contributed by atoms with Crippen molar-refractivity contribution in [2.75, 3.05) is 26.1 Å². The van der Waals surface area contributed by atoms with Crippen LogP contribution >= 0.6 is 12.2 Å². The van der Waals surface area contributed by atoms with Gasteiger partial charge in [0.1, 0.15) is 0 Å². The van der Waals surface area contributed by atoms with Crippen LogP contribution in [0.25, 0.3) is 0 Å². The van der Waals surface area contributed by atoms with E-state index in [0.29, 0.717) is 22.5 Å². The van der Waals surface area contributed by atoms with Crippen LogP contribution in [0.15, 0.2) is 78.9 Å². The van der Waals surface area contributed by atoms with Crippen molar-refractivity contribution >= 4 is 23.0 Å². The van der Waals surface area contributed by atoms with Crippen molar-refractivity contribution in [2.24, 2.45) is 0 Å². The number of rotatable bonds is 8. The predicted molar refractivity (Wildman–Crippen MR) is 123 cm³/mol. The first-order valence-corrected chi connectivity index (χ1v) is 9.99. The van der Waals surface area contributed by atoms with Gasteiger partial charge in [-0.05, 0) is 41.9 Å². The summed E-state index contributed by atoms with van der Waals surface area (Å²) >= 11 is 5.47. The second kappa shape index (κ2) is 10.5. The molecule has 4 nitrogen and oxygen atoms in total. The van der Waals surface area contributed by atoms with Gasteiger partial charge in [-0.15, -0.1) is 0 Å². The fourth-order valence-corrected chi connectivity index (χ4v) is 3.54. The van der Waals surface area contributed by atoms with E-state index in [4.69, 9.17) is 21.7 Å². The van der Waals surface area contributed by atoms with Gasteiger partial charge in [-0.2, -0.15) is 0 Å². The minimum Gasteiger partial charge on any atom is -0.493 e. The molecule has 0 saturated heterocycles. The Morgan fingerprint density at radius 2 is 1.41 bits per heavy atom. The Hall–Kier alpha value is -3.05. The van der Waals surface area contributed by atoms with E-state index in [1.54, 1.807) is 14.2 Å². The standard InChI is InChI=1S/C24H26N2O2S/c1-27-22-14-13-20(17-23(22)28-2)26-24(29)25-16-15-21(18-9-5-3-6-10-18)19-11-7-4-8-12-19/h3-14,17,21H,15-16H2,1-2H3,(H2,25,26,29). The molecule has 5 heteroatoms. The molecule has 0 aliphatic carbocycles. The molecule has 29 heavy (non-hydrogen) atoms. The minimum atomic E-state index is 0.314. The van der Waals surface area contributed by atoms with Crippen LogP contribution in [0.2, 0.25) is 0 Å². The zero-order chi connectivity index (χ0) is 20.5. The van der Waals surface area contributed by atoms with E-state index in [2.05, 4.69) is 59.2 Å². The molecule has 0 unspecified atom stereocenters. The zero-order valence-electron chi connectivity index (χ0n) is 16.7. The van der Waals surface area contributed by atoms with Crippen molar-refractivity contribution in [2.45, 2.75) is 12.3 Å². The molecule has 0 fully saturated rings. The Bertz CT molecular complexity index is 877. The van der Waals surface area contributed by atoms with E-state index in [9.17, 15) is 0 Å². The van der Waals surface area contributed by atoms with Gasteiger partial charge in [-0.1, -0.05) is 60.7 Å². The first kappa shape index (κ1) is 20.7. The van der Waals surface area contributed by atoms with Crippen LogP contribution in [-0.2, 0) is 0 Å². The monoisotopic (exact) mass is 406 g/mol. The summed E-state index contributed by atoms with van der Waals surface area (Å²) < 4.78 is 10.6. The van der Waals surface area contributed by atoms with E-state index in [-0.39, 0.29) is 0 Å². The van der Waals surface area contributed by atoms with Gasteiger partial charge >= 0.3 is 0 Å². The summed E-state index contributed by atoms with van der Waals surface area (Å²) in [4.78, 5) is 0. The quantitative estimate of drug-likeness (QED) is 0.503. The van der Waals surface area contributed by atoms with Crippen LogP contribution in [0.5, 0.6) is 11.5 Å². The van der Waals surface area contributed by atoms with Crippen molar-refractivity contribution < 1.29 is 9.47 Å².